The van der Waals surface area contributed by atoms with Crippen molar-refractivity contribution in [3.63, 3.8) is 0 Å². The molecule has 0 aliphatic heterocycles. The van der Waals surface area contributed by atoms with Gasteiger partial charge in [-0.1, -0.05) is 17.4 Å². The summed E-state index contributed by atoms with van der Waals surface area (Å²) in [5.74, 6) is 0.793. The number of thiocarbonyl (C=S) groups is 1. The summed E-state index contributed by atoms with van der Waals surface area (Å²) in [4.78, 5) is 0. The standard InChI is InChI=1S/C5H5NOS/c1-4-2-5(3-8)6-7-4/h2-3H,1H3. The van der Waals surface area contributed by atoms with Crippen LogP contribution in [0.4, 0.5) is 0 Å². The fourth-order valence-corrected chi connectivity index (χ4v) is 0.552. The highest BCUT2D eigenvalue weighted by Crippen LogP contribution is 1.97. The molecular formula is C5H5NOS. The molecule has 8 heavy (non-hydrogen) atoms. The Kier molecular flexibility index (Phi) is 1.39. The SMILES string of the molecule is Cc1cc(C=S)no1. The molecule has 1 aromatic heterocycles. The molecule has 0 aromatic carbocycles. The predicted octanol–water partition coefficient (Wildman–Crippen LogP) is 1.33. The third kappa shape index (κ3) is 0.924. The van der Waals surface area contributed by atoms with Gasteiger partial charge in [0, 0.05) is 11.4 Å². The first-order chi connectivity index (χ1) is 3.83. The van der Waals surface area contributed by atoms with E-state index in [2.05, 4.69) is 17.4 Å². The average Bonchev–Trinajstić information content (AvgIpc) is 2.14. The van der Waals surface area contributed by atoms with E-state index in [0.29, 0.717) is 0 Å². The minimum absolute atomic E-state index is 0.720. The zero-order valence-corrected chi connectivity index (χ0v) is 5.23. The Morgan fingerprint density at radius 3 is 2.88 bits per heavy atom. The quantitative estimate of drug-likeness (QED) is 0.532. The van der Waals surface area contributed by atoms with Crippen LogP contribution in [0.3, 0.4) is 0 Å². The third-order valence-electron chi connectivity index (χ3n) is 0.767. The van der Waals surface area contributed by atoms with E-state index in [1.165, 1.54) is 5.37 Å². The molecule has 0 unspecified atom stereocenters. The second kappa shape index (κ2) is 2.05. The largest absolute Gasteiger partial charge is 0.361 e. The highest BCUT2D eigenvalue weighted by molar-refractivity contribution is 7.79. The molecule has 0 fully saturated rings. The van der Waals surface area contributed by atoms with Crippen molar-refractivity contribution in [2.75, 3.05) is 0 Å². The van der Waals surface area contributed by atoms with Crippen LogP contribution >= 0.6 is 12.2 Å². The van der Waals surface area contributed by atoms with E-state index in [1.807, 2.05) is 6.92 Å². The molecule has 42 valence electrons. The molecule has 0 atom stereocenters. The Labute approximate surface area is 52.5 Å². The van der Waals surface area contributed by atoms with Crippen molar-refractivity contribution < 1.29 is 4.52 Å². The van der Waals surface area contributed by atoms with Crippen LogP contribution in [0, 0.1) is 6.92 Å². The Bertz CT molecular complexity index is 194. The van der Waals surface area contributed by atoms with Crippen LogP contribution in [-0.2, 0) is 0 Å². The molecule has 0 bridgehead atoms. The van der Waals surface area contributed by atoms with E-state index in [4.69, 9.17) is 4.52 Å². The van der Waals surface area contributed by atoms with Gasteiger partial charge >= 0.3 is 0 Å². The number of hydrogen-bond donors (Lipinski definition) is 0. The van der Waals surface area contributed by atoms with Gasteiger partial charge in [-0.25, -0.2) is 0 Å². The summed E-state index contributed by atoms with van der Waals surface area (Å²) in [6.45, 7) is 1.83. The minimum atomic E-state index is 0.720. The van der Waals surface area contributed by atoms with Gasteiger partial charge in [0.25, 0.3) is 0 Å². The van der Waals surface area contributed by atoms with Crippen LogP contribution in [0.25, 0.3) is 0 Å². The lowest BCUT2D eigenvalue weighted by molar-refractivity contribution is 0.396. The van der Waals surface area contributed by atoms with E-state index < -0.39 is 0 Å². The zero-order valence-electron chi connectivity index (χ0n) is 4.42. The van der Waals surface area contributed by atoms with Crippen LogP contribution < -0.4 is 0 Å². The lowest BCUT2D eigenvalue weighted by atomic mass is 10.4. The lowest BCUT2D eigenvalue weighted by Crippen LogP contribution is -1.71. The molecule has 0 aliphatic rings. The van der Waals surface area contributed by atoms with Gasteiger partial charge in [0.05, 0.1) is 0 Å². The van der Waals surface area contributed by atoms with Crippen LogP contribution in [0.5, 0.6) is 0 Å². The second-order valence-corrected chi connectivity index (χ2v) is 1.72. The Morgan fingerprint density at radius 1 is 1.88 bits per heavy atom. The Balaban J connectivity index is 3.00. The molecule has 0 N–H and O–H groups in total. The number of aryl methyl sites for hydroxylation is 1. The number of nitrogens with zero attached hydrogens (tertiary/aromatic N) is 1. The van der Waals surface area contributed by atoms with Gasteiger partial charge in [0.1, 0.15) is 11.5 Å². The topological polar surface area (TPSA) is 26.0 Å². The summed E-state index contributed by atoms with van der Waals surface area (Å²) >= 11 is 4.58. The van der Waals surface area contributed by atoms with Gasteiger partial charge in [0.2, 0.25) is 0 Å². The highest BCUT2D eigenvalue weighted by atomic mass is 32.1. The van der Waals surface area contributed by atoms with Gasteiger partial charge in [-0.3, -0.25) is 0 Å². The van der Waals surface area contributed by atoms with Crippen molar-refractivity contribution >= 4 is 17.6 Å². The Hall–Kier alpha value is -0.700. The fourth-order valence-electron chi connectivity index (χ4n) is 0.441. The van der Waals surface area contributed by atoms with E-state index in [9.17, 15) is 0 Å². The van der Waals surface area contributed by atoms with Gasteiger partial charge in [-0.05, 0) is 6.92 Å². The number of rotatable bonds is 1. The molecule has 3 heteroatoms. The summed E-state index contributed by atoms with van der Waals surface area (Å²) in [7, 11) is 0. The van der Waals surface area contributed by atoms with E-state index in [0.717, 1.165) is 11.5 Å². The maximum absolute atomic E-state index is 4.71. The van der Waals surface area contributed by atoms with Gasteiger partial charge < -0.3 is 4.52 Å². The number of hydrogen-bond acceptors (Lipinski definition) is 3. The van der Waals surface area contributed by atoms with Crippen LogP contribution in [-0.4, -0.2) is 10.5 Å². The van der Waals surface area contributed by atoms with Crippen molar-refractivity contribution in [1.82, 2.24) is 5.16 Å². The molecule has 0 radical (unpaired) electrons. The molecule has 1 heterocycles. The summed E-state index contributed by atoms with van der Waals surface area (Å²) in [5.41, 5.74) is 0.720. The normalized spacial score (nSPS) is 9.12. The molecule has 2 nitrogen and oxygen atoms in total. The summed E-state index contributed by atoms with van der Waals surface area (Å²) in [6, 6.07) is 1.78. The monoisotopic (exact) mass is 127 g/mol. The van der Waals surface area contributed by atoms with Crippen molar-refractivity contribution in [2.45, 2.75) is 6.92 Å². The first-order valence-corrected chi connectivity index (χ1v) is 2.68. The van der Waals surface area contributed by atoms with Crippen molar-refractivity contribution in [3.8, 4) is 0 Å². The van der Waals surface area contributed by atoms with Crippen molar-refractivity contribution in [3.05, 3.63) is 17.5 Å². The summed E-state index contributed by atoms with van der Waals surface area (Å²) < 4.78 is 4.71. The minimum Gasteiger partial charge on any atom is -0.361 e. The maximum Gasteiger partial charge on any atom is 0.134 e. The van der Waals surface area contributed by atoms with Crippen molar-refractivity contribution in [2.24, 2.45) is 0 Å². The smallest absolute Gasteiger partial charge is 0.134 e. The molecule has 1 rings (SSSR count). The van der Waals surface area contributed by atoms with Crippen LogP contribution in [0.15, 0.2) is 10.6 Å². The zero-order chi connectivity index (χ0) is 5.98. The van der Waals surface area contributed by atoms with Gasteiger partial charge in [0.15, 0.2) is 0 Å². The number of aromatic nitrogens is 1. The van der Waals surface area contributed by atoms with E-state index >= 15 is 0 Å². The molecular weight excluding hydrogens is 122 g/mol. The van der Waals surface area contributed by atoms with Crippen LogP contribution in [0.1, 0.15) is 11.5 Å². The predicted molar refractivity (Wildman–Crippen MR) is 34.0 cm³/mol. The summed E-state index contributed by atoms with van der Waals surface area (Å²) in [6.07, 6.45) is 0. The first-order valence-electron chi connectivity index (χ1n) is 2.21. The highest BCUT2D eigenvalue weighted by Gasteiger charge is 1.91. The Morgan fingerprint density at radius 2 is 2.62 bits per heavy atom. The summed E-state index contributed by atoms with van der Waals surface area (Å²) in [5, 5.41) is 5.08. The first kappa shape index (κ1) is 5.44. The van der Waals surface area contributed by atoms with E-state index in [1.54, 1.807) is 6.07 Å². The van der Waals surface area contributed by atoms with Gasteiger partial charge in [-0.15, -0.1) is 0 Å². The molecule has 0 spiro atoms. The van der Waals surface area contributed by atoms with E-state index in [-0.39, 0.29) is 0 Å². The van der Waals surface area contributed by atoms with Crippen molar-refractivity contribution in [1.29, 1.82) is 0 Å². The third-order valence-corrected chi connectivity index (χ3v) is 1.01. The molecule has 1 aromatic rings. The van der Waals surface area contributed by atoms with Crippen LogP contribution in [0.2, 0.25) is 0 Å². The van der Waals surface area contributed by atoms with Gasteiger partial charge in [-0.2, -0.15) is 0 Å². The molecule has 0 saturated heterocycles. The fraction of sp³-hybridized carbons (Fsp3) is 0.200. The molecule has 0 saturated carbocycles. The molecule has 0 amide bonds. The molecule has 0 aliphatic carbocycles. The maximum atomic E-state index is 4.71. The second-order valence-electron chi connectivity index (χ2n) is 1.48. The lowest BCUT2D eigenvalue weighted by Gasteiger charge is -1.65. The average molecular weight is 127 g/mol.